The number of nitrogens with one attached hydrogen (secondary N) is 1. The van der Waals surface area contributed by atoms with E-state index in [-0.39, 0.29) is 29.6 Å². The van der Waals surface area contributed by atoms with E-state index in [1.807, 2.05) is 0 Å². The van der Waals surface area contributed by atoms with Gasteiger partial charge in [0.05, 0.1) is 12.0 Å². The summed E-state index contributed by atoms with van der Waals surface area (Å²) >= 11 is 0. The fourth-order valence-electron chi connectivity index (χ4n) is 3.44. The van der Waals surface area contributed by atoms with E-state index < -0.39 is 5.97 Å². The van der Waals surface area contributed by atoms with Gasteiger partial charge >= 0.3 is 5.97 Å². The second-order valence-corrected chi connectivity index (χ2v) is 6.59. The molecule has 0 amide bonds. The maximum absolute atomic E-state index is 13.3. The summed E-state index contributed by atoms with van der Waals surface area (Å²) in [7, 11) is 0. The molecule has 2 N–H and O–H groups in total. The molecule has 5 heteroatoms. The molecule has 1 aliphatic rings. The number of benzene rings is 2. The van der Waals surface area contributed by atoms with Crippen LogP contribution in [0.5, 0.6) is 0 Å². The fourth-order valence-corrected chi connectivity index (χ4v) is 3.44. The summed E-state index contributed by atoms with van der Waals surface area (Å²) in [4.78, 5) is 11.1. The number of rotatable bonds is 5. The predicted molar refractivity (Wildman–Crippen MR) is 91.2 cm³/mol. The Morgan fingerprint density at radius 3 is 1.72 bits per heavy atom. The Morgan fingerprint density at radius 1 is 0.880 bits per heavy atom. The smallest absolute Gasteiger partial charge is 0.306 e. The van der Waals surface area contributed by atoms with Gasteiger partial charge in [0.15, 0.2) is 0 Å². The number of carbonyl (C=O) groups is 1. The van der Waals surface area contributed by atoms with Crippen LogP contribution in [0.15, 0.2) is 48.5 Å². The molecule has 3 nitrogen and oxygen atoms in total. The van der Waals surface area contributed by atoms with Gasteiger partial charge in [-0.2, -0.15) is 0 Å². The molecule has 25 heavy (non-hydrogen) atoms. The summed E-state index contributed by atoms with van der Waals surface area (Å²) < 4.78 is 26.5. The van der Waals surface area contributed by atoms with E-state index in [9.17, 15) is 13.6 Å². The lowest BCUT2D eigenvalue weighted by molar-refractivity contribution is -0.142. The Bertz CT molecular complexity index is 662. The fraction of sp³-hybridized carbons (Fsp3) is 0.350. The molecular formula is C20H21F2NO2. The van der Waals surface area contributed by atoms with Gasteiger partial charge < -0.3 is 10.4 Å². The van der Waals surface area contributed by atoms with E-state index in [2.05, 4.69) is 5.32 Å². The summed E-state index contributed by atoms with van der Waals surface area (Å²) in [5.74, 6) is -1.60. The first-order valence-corrected chi connectivity index (χ1v) is 8.52. The molecule has 0 spiro atoms. The maximum Gasteiger partial charge on any atom is 0.306 e. The van der Waals surface area contributed by atoms with Gasteiger partial charge in [-0.15, -0.1) is 0 Å². The van der Waals surface area contributed by atoms with Gasteiger partial charge in [0.2, 0.25) is 0 Å². The van der Waals surface area contributed by atoms with Crippen molar-refractivity contribution < 1.29 is 18.7 Å². The Balaban J connectivity index is 1.78. The van der Waals surface area contributed by atoms with Crippen molar-refractivity contribution in [3.63, 3.8) is 0 Å². The van der Waals surface area contributed by atoms with Gasteiger partial charge in [-0.25, -0.2) is 8.78 Å². The molecule has 0 bridgehead atoms. The van der Waals surface area contributed by atoms with Crippen molar-refractivity contribution in [2.24, 2.45) is 5.92 Å². The molecule has 0 atom stereocenters. The van der Waals surface area contributed by atoms with Crippen molar-refractivity contribution in [3.8, 4) is 0 Å². The second kappa shape index (κ2) is 7.74. The minimum Gasteiger partial charge on any atom is -0.481 e. The number of aliphatic carboxylic acids is 1. The molecule has 0 aromatic heterocycles. The minimum absolute atomic E-state index is 0.177. The summed E-state index contributed by atoms with van der Waals surface area (Å²) in [5.41, 5.74) is 1.79. The lowest BCUT2D eigenvalue weighted by atomic mass is 9.85. The highest BCUT2D eigenvalue weighted by Gasteiger charge is 2.28. The molecule has 3 rings (SSSR count). The number of carboxylic acid groups (broad SMARTS) is 1. The first kappa shape index (κ1) is 17.5. The highest BCUT2D eigenvalue weighted by molar-refractivity contribution is 5.70. The van der Waals surface area contributed by atoms with Crippen molar-refractivity contribution in [2.75, 3.05) is 0 Å². The Hall–Kier alpha value is -2.27. The van der Waals surface area contributed by atoms with Crippen LogP contribution in [0, 0.1) is 17.6 Å². The third-order valence-electron chi connectivity index (χ3n) is 4.89. The van der Waals surface area contributed by atoms with Gasteiger partial charge in [-0.1, -0.05) is 24.3 Å². The number of carboxylic acids is 1. The van der Waals surface area contributed by atoms with Crippen LogP contribution in [0.3, 0.4) is 0 Å². The summed E-state index contributed by atoms with van der Waals surface area (Å²) in [6.07, 6.45) is 2.84. The number of hydrogen-bond donors (Lipinski definition) is 2. The lowest BCUT2D eigenvalue weighted by Crippen LogP contribution is -2.37. The molecule has 0 unspecified atom stereocenters. The third-order valence-corrected chi connectivity index (χ3v) is 4.89. The molecule has 1 aliphatic carbocycles. The molecule has 1 saturated carbocycles. The predicted octanol–water partition coefficient (Wildman–Crippen LogP) is 4.29. The van der Waals surface area contributed by atoms with Gasteiger partial charge in [0.25, 0.3) is 0 Å². The van der Waals surface area contributed by atoms with Crippen molar-refractivity contribution in [2.45, 2.75) is 37.8 Å². The van der Waals surface area contributed by atoms with Crippen LogP contribution in [0.1, 0.15) is 42.9 Å². The van der Waals surface area contributed by atoms with E-state index in [1.165, 1.54) is 24.3 Å². The van der Waals surface area contributed by atoms with Crippen LogP contribution in [0.4, 0.5) is 8.78 Å². The quantitative estimate of drug-likeness (QED) is 0.850. The highest BCUT2D eigenvalue weighted by atomic mass is 19.1. The van der Waals surface area contributed by atoms with Crippen molar-refractivity contribution in [3.05, 3.63) is 71.3 Å². The Morgan fingerprint density at radius 2 is 1.32 bits per heavy atom. The minimum atomic E-state index is -0.730. The molecule has 2 aromatic carbocycles. The SMILES string of the molecule is O=C(O)C1CCC(NC(c2ccc(F)cc2)c2ccc(F)cc2)CC1. The van der Waals surface area contributed by atoms with Crippen LogP contribution in [-0.2, 0) is 4.79 Å². The van der Waals surface area contributed by atoms with Crippen LogP contribution < -0.4 is 5.32 Å². The maximum atomic E-state index is 13.3. The third kappa shape index (κ3) is 4.42. The molecular weight excluding hydrogens is 324 g/mol. The molecule has 1 fully saturated rings. The number of hydrogen-bond acceptors (Lipinski definition) is 2. The van der Waals surface area contributed by atoms with Crippen LogP contribution >= 0.6 is 0 Å². The highest BCUT2D eigenvalue weighted by Crippen LogP contribution is 2.29. The zero-order valence-electron chi connectivity index (χ0n) is 13.8. The first-order chi connectivity index (χ1) is 12.0. The Kier molecular flexibility index (Phi) is 5.43. The van der Waals surface area contributed by atoms with Crippen molar-refractivity contribution in [1.29, 1.82) is 0 Å². The number of halogens is 2. The standard InChI is InChI=1S/C20H21F2NO2/c21-16-7-1-13(2-8-16)19(14-3-9-17(22)10-4-14)23-18-11-5-15(6-12-18)20(24)25/h1-4,7-10,15,18-19,23H,5-6,11-12H2,(H,24,25). The molecule has 132 valence electrons. The van der Waals surface area contributed by atoms with Crippen molar-refractivity contribution >= 4 is 5.97 Å². The largest absolute Gasteiger partial charge is 0.481 e. The Labute approximate surface area is 145 Å². The van der Waals surface area contributed by atoms with Gasteiger partial charge in [-0.3, -0.25) is 4.79 Å². The van der Waals surface area contributed by atoms with Gasteiger partial charge in [-0.05, 0) is 61.1 Å². The zero-order chi connectivity index (χ0) is 17.8. The van der Waals surface area contributed by atoms with E-state index >= 15 is 0 Å². The summed E-state index contributed by atoms with van der Waals surface area (Å²) in [6, 6.07) is 12.5. The van der Waals surface area contributed by atoms with Gasteiger partial charge in [0.1, 0.15) is 11.6 Å². The molecule has 2 aromatic rings. The topological polar surface area (TPSA) is 49.3 Å². The van der Waals surface area contributed by atoms with E-state index in [4.69, 9.17) is 5.11 Å². The molecule has 0 heterocycles. The monoisotopic (exact) mass is 345 g/mol. The van der Waals surface area contributed by atoms with E-state index in [0.29, 0.717) is 12.8 Å². The lowest BCUT2D eigenvalue weighted by Gasteiger charge is -2.31. The first-order valence-electron chi connectivity index (χ1n) is 8.52. The zero-order valence-corrected chi connectivity index (χ0v) is 13.8. The van der Waals surface area contributed by atoms with Crippen molar-refractivity contribution in [1.82, 2.24) is 5.32 Å². The van der Waals surface area contributed by atoms with Crippen LogP contribution in [-0.4, -0.2) is 17.1 Å². The molecule has 0 radical (unpaired) electrons. The summed E-state index contributed by atoms with van der Waals surface area (Å²) in [5, 5.41) is 12.7. The average molecular weight is 345 g/mol. The normalized spacial score (nSPS) is 20.6. The average Bonchev–Trinajstić information content (AvgIpc) is 2.62. The van der Waals surface area contributed by atoms with E-state index in [1.54, 1.807) is 24.3 Å². The van der Waals surface area contributed by atoms with Gasteiger partial charge in [0, 0.05) is 6.04 Å². The molecule has 0 aliphatic heterocycles. The van der Waals surface area contributed by atoms with Crippen LogP contribution in [0.2, 0.25) is 0 Å². The second-order valence-electron chi connectivity index (χ2n) is 6.59. The summed E-state index contributed by atoms with van der Waals surface area (Å²) in [6.45, 7) is 0. The molecule has 0 saturated heterocycles. The van der Waals surface area contributed by atoms with E-state index in [0.717, 1.165) is 24.0 Å². The van der Waals surface area contributed by atoms with Crippen LogP contribution in [0.25, 0.3) is 0 Å².